The van der Waals surface area contributed by atoms with Crippen molar-refractivity contribution in [3.8, 4) is 11.8 Å². The lowest BCUT2D eigenvalue weighted by molar-refractivity contribution is -0.134. The number of hydrogen-bond acceptors (Lipinski definition) is 3. The van der Waals surface area contributed by atoms with E-state index < -0.39 is 0 Å². The van der Waals surface area contributed by atoms with Crippen molar-refractivity contribution < 1.29 is 9.53 Å². The van der Waals surface area contributed by atoms with Crippen LogP contribution in [0.5, 0.6) is 5.75 Å². The Balaban J connectivity index is 1.67. The predicted molar refractivity (Wildman–Crippen MR) is 89.1 cm³/mol. The van der Waals surface area contributed by atoms with Crippen LogP contribution in [0.25, 0.3) is 10.8 Å². The van der Waals surface area contributed by atoms with E-state index in [1.165, 1.54) is 0 Å². The number of ether oxygens (including phenoxy) is 1. The molecular weight excluding hydrogens is 286 g/mol. The fraction of sp³-hybridized carbons (Fsp3) is 0.100. The second-order valence-electron chi connectivity index (χ2n) is 5.30. The zero-order chi connectivity index (χ0) is 16.1. The molecule has 0 aromatic heterocycles. The van der Waals surface area contributed by atoms with E-state index in [4.69, 9.17) is 10.00 Å². The molecule has 0 amide bonds. The number of rotatable bonds is 4. The summed E-state index contributed by atoms with van der Waals surface area (Å²) in [5.74, 6) is 0.316. The Hall–Kier alpha value is -3.12. The van der Waals surface area contributed by atoms with Gasteiger partial charge in [0.2, 0.25) is 0 Å². The second kappa shape index (κ2) is 6.76. The molecule has 3 aromatic carbocycles. The van der Waals surface area contributed by atoms with Crippen LogP contribution in [0.2, 0.25) is 0 Å². The van der Waals surface area contributed by atoms with Crippen LogP contribution >= 0.6 is 0 Å². The van der Waals surface area contributed by atoms with Crippen molar-refractivity contribution >= 4 is 16.7 Å². The van der Waals surface area contributed by atoms with Crippen molar-refractivity contribution in [1.82, 2.24) is 0 Å². The summed E-state index contributed by atoms with van der Waals surface area (Å²) in [7, 11) is 0. The lowest BCUT2D eigenvalue weighted by Crippen LogP contribution is -2.08. The molecular formula is C20H15NO2. The number of nitrogens with zero attached hydrogens (tertiary/aromatic N) is 1. The highest BCUT2D eigenvalue weighted by Crippen LogP contribution is 2.19. The third-order valence-corrected chi connectivity index (χ3v) is 3.63. The van der Waals surface area contributed by atoms with E-state index in [-0.39, 0.29) is 5.97 Å². The van der Waals surface area contributed by atoms with E-state index in [2.05, 4.69) is 6.07 Å². The maximum atomic E-state index is 11.9. The van der Waals surface area contributed by atoms with Crippen LogP contribution in [0.3, 0.4) is 0 Å². The van der Waals surface area contributed by atoms with Crippen LogP contribution in [0.1, 0.15) is 17.5 Å². The van der Waals surface area contributed by atoms with Gasteiger partial charge >= 0.3 is 5.97 Å². The number of carbonyl (C=O) groups is 1. The van der Waals surface area contributed by atoms with Gasteiger partial charge in [0.25, 0.3) is 0 Å². The first kappa shape index (κ1) is 14.8. The first-order valence-electron chi connectivity index (χ1n) is 7.43. The fourth-order valence-corrected chi connectivity index (χ4v) is 2.44. The minimum Gasteiger partial charge on any atom is -0.427 e. The van der Waals surface area contributed by atoms with Crippen LogP contribution in [0.15, 0.2) is 66.7 Å². The van der Waals surface area contributed by atoms with Gasteiger partial charge in [-0.25, -0.2) is 0 Å². The third kappa shape index (κ3) is 3.75. The average Bonchev–Trinajstić information content (AvgIpc) is 2.60. The molecule has 112 valence electrons. The molecule has 0 fully saturated rings. The number of esters is 1. The molecule has 23 heavy (non-hydrogen) atoms. The standard InChI is InChI=1S/C20H15NO2/c21-14-16-7-10-17-9-6-15(12-18(17)13-16)8-11-20(22)23-19-4-2-1-3-5-19/h1-7,9-10,12-13H,8,11H2. The number of para-hydroxylation sites is 1. The summed E-state index contributed by atoms with van der Waals surface area (Å²) < 4.78 is 5.28. The minimum absolute atomic E-state index is 0.248. The van der Waals surface area contributed by atoms with E-state index in [1.54, 1.807) is 18.2 Å². The van der Waals surface area contributed by atoms with Gasteiger partial charge < -0.3 is 4.74 Å². The molecule has 0 atom stereocenters. The molecule has 0 saturated heterocycles. The SMILES string of the molecule is N#Cc1ccc2ccc(CCC(=O)Oc3ccccc3)cc2c1. The van der Waals surface area contributed by atoms with Gasteiger partial charge in [-0.15, -0.1) is 0 Å². The summed E-state index contributed by atoms with van der Waals surface area (Å²) in [5, 5.41) is 11.1. The van der Waals surface area contributed by atoms with Gasteiger partial charge in [-0.2, -0.15) is 5.26 Å². The summed E-state index contributed by atoms with van der Waals surface area (Å²) in [6.45, 7) is 0. The molecule has 3 rings (SSSR count). The molecule has 3 nitrogen and oxygen atoms in total. The zero-order valence-corrected chi connectivity index (χ0v) is 12.5. The maximum Gasteiger partial charge on any atom is 0.311 e. The number of aryl methyl sites for hydroxylation is 1. The van der Waals surface area contributed by atoms with Gasteiger partial charge in [-0.1, -0.05) is 42.5 Å². The fourth-order valence-electron chi connectivity index (χ4n) is 2.44. The molecule has 0 unspecified atom stereocenters. The lowest BCUT2D eigenvalue weighted by Gasteiger charge is -2.05. The zero-order valence-electron chi connectivity index (χ0n) is 12.5. The van der Waals surface area contributed by atoms with Gasteiger partial charge in [0, 0.05) is 6.42 Å². The summed E-state index contributed by atoms with van der Waals surface area (Å²) in [6, 6.07) is 22.8. The topological polar surface area (TPSA) is 50.1 Å². The van der Waals surface area contributed by atoms with Crippen molar-refractivity contribution in [3.63, 3.8) is 0 Å². The van der Waals surface area contributed by atoms with Crippen LogP contribution in [0, 0.1) is 11.3 Å². The van der Waals surface area contributed by atoms with Gasteiger partial charge in [0.15, 0.2) is 0 Å². The Morgan fingerprint density at radius 3 is 2.52 bits per heavy atom. The Morgan fingerprint density at radius 1 is 0.957 bits per heavy atom. The van der Waals surface area contributed by atoms with E-state index in [0.29, 0.717) is 24.2 Å². The van der Waals surface area contributed by atoms with E-state index >= 15 is 0 Å². The van der Waals surface area contributed by atoms with Crippen molar-refractivity contribution in [2.75, 3.05) is 0 Å². The molecule has 0 aliphatic rings. The first-order chi connectivity index (χ1) is 11.2. The molecule has 0 heterocycles. The van der Waals surface area contributed by atoms with Crippen molar-refractivity contribution in [2.24, 2.45) is 0 Å². The molecule has 0 aliphatic carbocycles. The van der Waals surface area contributed by atoms with Crippen molar-refractivity contribution in [1.29, 1.82) is 5.26 Å². The highest BCUT2D eigenvalue weighted by Gasteiger charge is 2.06. The van der Waals surface area contributed by atoms with Crippen molar-refractivity contribution in [3.05, 3.63) is 77.9 Å². The quantitative estimate of drug-likeness (QED) is 0.534. The molecule has 0 bridgehead atoms. The number of fused-ring (bicyclic) bond motifs is 1. The largest absolute Gasteiger partial charge is 0.427 e. The van der Waals surface area contributed by atoms with E-state index in [1.807, 2.05) is 48.5 Å². The molecule has 0 radical (unpaired) electrons. The van der Waals surface area contributed by atoms with Gasteiger partial charge in [0.05, 0.1) is 11.6 Å². The molecule has 0 N–H and O–H groups in total. The number of hydrogen-bond donors (Lipinski definition) is 0. The summed E-state index contributed by atoms with van der Waals surface area (Å²) in [5.41, 5.74) is 1.69. The lowest BCUT2D eigenvalue weighted by atomic mass is 10.0. The van der Waals surface area contributed by atoms with Crippen LogP contribution in [-0.2, 0) is 11.2 Å². The number of carbonyl (C=O) groups excluding carboxylic acids is 1. The monoisotopic (exact) mass is 301 g/mol. The van der Waals surface area contributed by atoms with E-state index in [0.717, 1.165) is 16.3 Å². The first-order valence-corrected chi connectivity index (χ1v) is 7.43. The Kier molecular flexibility index (Phi) is 4.35. The Labute approximate surface area is 134 Å². The Morgan fingerprint density at radius 2 is 1.74 bits per heavy atom. The summed E-state index contributed by atoms with van der Waals surface area (Å²) in [4.78, 5) is 11.9. The molecule has 0 spiro atoms. The van der Waals surface area contributed by atoms with Gasteiger partial charge in [-0.05, 0) is 47.0 Å². The molecule has 0 saturated carbocycles. The highest BCUT2D eigenvalue weighted by atomic mass is 16.5. The van der Waals surface area contributed by atoms with Crippen LogP contribution in [0.4, 0.5) is 0 Å². The average molecular weight is 301 g/mol. The molecule has 3 aromatic rings. The molecule has 0 aliphatic heterocycles. The van der Waals surface area contributed by atoms with Crippen LogP contribution in [-0.4, -0.2) is 5.97 Å². The maximum absolute atomic E-state index is 11.9. The number of nitriles is 1. The van der Waals surface area contributed by atoms with Crippen LogP contribution < -0.4 is 4.74 Å². The molecule has 3 heteroatoms. The summed E-state index contributed by atoms with van der Waals surface area (Å²) in [6.07, 6.45) is 0.927. The predicted octanol–water partition coefficient (Wildman–Crippen LogP) is 4.25. The van der Waals surface area contributed by atoms with Gasteiger partial charge in [-0.3, -0.25) is 4.79 Å². The summed E-state index contributed by atoms with van der Waals surface area (Å²) >= 11 is 0. The van der Waals surface area contributed by atoms with Gasteiger partial charge in [0.1, 0.15) is 5.75 Å². The smallest absolute Gasteiger partial charge is 0.311 e. The third-order valence-electron chi connectivity index (χ3n) is 3.63. The second-order valence-corrected chi connectivity index (χ2v) is 5.30. The van der Waals surface area contributed by atoms with Crippen molar-refractivity contribution in [2.45, 2.75) is 12.8 Å². The number of benzene rings is 3. The minimum atomic E-state index is -0.248. The normalized spacial score (nSPS) is 10.2. The van der Waals surface area contributed by atoms with E-state index in [9.17, 15) is 4.79 Å². The highest BCUT2D eigenvalue weighted by molar-refractivity contribution is 5.84. The Bertz CT molecular complexity index is 879.